The molecule has 88 valence electrons. The zero-order valence-electron chi connectivity index (χ0n) is 10.9. The van der Waals surface area contributed by atoms with Gasteiger partial charge >= 0.3 is 0 Å². The summed E-state index contributed by atoms with van der Waals surface area (Å²) in [4.78, 5) is 0. The Morgan fingerprint density at radius 1 is 1.07 bits per heavy atom. The third-order valence-electron chi connectivity index (χ3n) is 5.67. The maximum Gasteiger partial charge on any atom is -0.0246 e. The van der Waals surface area contributed by atoms with E-state index in [-0.39, 0.29) is 0 Å². The van der Waals surface area contributed by atoms with Gasteiger partial charge in [0.15, 0.2) is 0 Å². The number of hydrogen-bond acceptors (Lipinski definition) is 0. The molecule has 0 saturated heterocycles. The average molecular weight is 208 g/mol. The van der Waals surface area contributed by atoms with Gasteiger partial charge in [0.05, 0.1) is 0 Å². The van der Waals surface area contributed by atoms with Crippen molar-refractivity contribution in [1.29, 1.82) is 0 Å². The van der Waals surface area contributed by atoms with Gasteiger partial charge in [-0.3, -0.25) is 0 Å². The van der Waals surface area contributed by atoms with Crippen molar-refractivity contribution in [2.75, 3.05) is 0 Å². The predicted molar refractivity (Wildman–Crippen MR) is 66.9 cm³/mol. The molecule has 2 rings (SSSR count). The van der Waals surface area contributed by atoms with Crippen LogP contribution < -0.4 is 0 Å². The molecule has 0 aromatic rings. The smallest absolute Gasteiger partial charge is 0.0246 e. The minimum atomic E-state index is 0.712. The van der Waals surface area contributed by atoms with E-state index in [2.05, 4.69) is 20.8 Å². The summed E-state index contributed by atoms with van der Waals surface area (Å²) >= 11 is 0. The molecule has 0 heteroatoms. The number of hydrogen-bond donors (Lipinski definition) is 0. The lowest BCUT2D eigenvalue weighted by atomic mass is 9.52. The maximum absolute atomic E-state index is 2.47. The SMILES string of the molecule is CCC1(C(C)C)CCCC2CCCCC21. The molecule has 2 aliphatic rings. The zero-order chi connectivity index (χ0) is 10.9. The molecule has 0 aliphatic heterocycles. The molecule has 0 aromatic heterocycles. The normalized spacial score (nSPS) is 41.6. The summed E-state index contributed by atoms with van der Waals surface area (Å²) in [7, 11) is 0. The van der Waals surface area contributed by atoms with Crippen LogP contribution in [-0.4, -0.2) is 0 Å². The summed E-state index contributed by atoms with van der Waals surface area (Å²) in [6.45, 7) is 7.39. The van der Waals surface area contributed by atoms with Gasteiger partial charge in [-0.1, -0.05) is 52.9 Å². The Labute approximate surface area is 95.8 Å². The fourth-order valence-electron chi connectivity index (χ4n) is 4.75. The highest BCUT2D eigenvalue weighted by Gasteiger charge is 2.46. The van der Waals surface area contributed by atoms with E-state index >= 15 is 0 Å². The van der Waals surface area contributed by atoms with Crippen LogP contribution in [0.3, 0.4) is 0 Å². The van der Waals surface area contributed by atoms with Gasteiger partial charge in [0.1, 0.15) is 0 Å². The third kappa shape index (κ3) is 1.85. The Morgan fingerprint density at radius 2 is 1.73 bits per heavy atom. The van der Waals surface area contributed by atoms with Gasteiger partial charge in [-0.2, -0.15) is 0 Å². The fraction of sp³-hybridized carbons (Fsp3) is 1.00. The quantitative estimate of drug-likeness (QED) is 0.597. The molecule has 0 spiro atoms. The van der Waals surface area contributed by atoms with Crippen LogP contribution in [0.2, 0.25) is 0 Å². The van der Waals surface area contributed by atoms with Crippen molar-refractivity contribution in [2.24, 2.45) is 23.2 Å². The molecule has 0 radical (unpaired) electrons. The third-order valence-corrected chi connectivity index (χ3v) is 5.67. The van der Waals surface area contributed by atoms with E-state index in [1.54, 1.807) is 12.8 Å². The van der Waals surface area contributed by atoms with Gasteiger partial charge in [0.25, 0.3) is 0 Å². The van der Waals surface area contributed by atoms with Gasteiger partial charge in [0.2, 0.25) is 0 Å². The Balaban J connectivity index is 2.20. The second kappa shape index (κ2) is 4.47. The minimum Gasteiger partial charge on any atom is -0.0648 e. The molecule has 3 unspecified atom stereocenters. The Hall–Kier alpha value is 0. The molecular weight excluding hydrogens is 180 g/mol. The number of fused-ring (bicyclic) bond motifs is 1. The first-order chi connectivity index (χ1) is 7.20. The van der Waals surface area contributed by atoms with Crippen LogP contribution in [0.15, 0.2) is 0 Å². The van der Waals surface area contributed by atoms with Gasteiger partial charge in [-0.25, -0.2) is 0 Å². The van der Waals surface area contributed by atoms with Crippen molar-refractivity contribution in [3.63, 3.8) is 0 Å². The maximum atomic E-state index is 2.47. The van der Waals surface area contributed by atoms with Crippen LogP contribution in [0.1, 0.15) is 72.1 Å². The second-order valence-electron chi connectivity index (χ2n) is 6.28. The second-order valence-corrected chi connectivity index (χ2v) is 6.28. The Kier molecular flexibility index (Phi) is 3.42. The van der Waals surface area contributed by atoms with Crippen LogP contribution in [0.5, 0.6) is 0 Å². The van der Waals surface area contributed by atoms with Crippen LogP contribution >= 0.6 is 0 Å². The van der Waals surface area contributed by atoms with E-state index in [4.69, 9.17) is 0 Å². The van der Waals surface area contributed by atoms with Crippen molar-refractivity contribution in [3.8, 4) is 0 Å². The van der Waals surface area contributed by atoms with E-state index < -0.39 is 0 Å². The number of rotatable bonds is 2. The topological polar surface area (TPSA) is 0 Å². The molecule has 0 aromatic carbocycles. The highest BCUT2D eigenvalue weighted by Crippen LogP contribution is 2.56. The van der Waals surface area contributed by atoms with E-state index in [0.29, 0.717) is 5.41 Å². The lowest BCUT2D eigenvalue weighted by Crippen LogP contribution is -2.44. The fourth-order valence-corrected chi connectivity index (χ4v) is 4.75. The molecule has 0 nitrogen and oxygen atoms in total. The molecule has 0 amide bonds. The van der Waals surface area contributed by atoms with Gasteiger partial charge in [-0.15, -0.1) is 0 Å². The first kappa shape index (κ1) is 11.5. The summed E-state index contributed by atoms with van der Waals surface area (Å²) in [6, 6.07) is 0. The zero-order valence-corrected chi connectivity index (χ0v) is 10.9. The molecular formula is C15H28. The predicted octanol–water partition coefficient (Wildman–Crippen LogP) is 5.03. The summed E-state index contributed by atoms with van der Waals surface area (Å²) < 4.78 is 0. The minimum absolute atomic E-state index is 0.712. The van der Waals surface area contributed by atoms with Gasteiger partial charge in [-0.05, 0) is 42.4 Å². The molecule has 15 heavy (non-hydrogen) atoms. The van der Waals surface area contributed by atoms with Crippen molar-refractivity contribution >= 4 is 0 Å². The molecule has 0 bridgehead atoms. The van der Waals surface area contributed by atoms with Crippen molar-refractivity contribution < 1.29 is 0 Å². The summed E-state index contributed by atoms with van der Waals surface area (Å²) in [5.74, 6) is 3.06. The van der Waals surface area contributed by atoms with Crippen LogP contribution in [0.25, 0.3) is 0 Å². The lowest BCUT2D eigenvalue weighted by molar-refractivity contribution is -0.0283. The molecule has 2 aliphatic carbocycles. The van der Waals surface area contributed by atoms with E-state index in [9.17, 15) is 0 Å². The summed E-state index contributed by atoms with van der Waals surface area (Å²) in [6.07, 6.45) is 12.1. The van der Waals surface area contributed by atoms with Gasteiger partial charge < -0.3 is 0 Å². The summed E-state index contributed by atoms with van der Waals surface area (Å²) in [5, 5.41) is 0. The summed E-state index contributed by atoms with van der Waals surface area (Å²) in [5.41, 5.74) is 0.712. The van der Waals surface area contributed by atoms with E-state index in [1.165, 1.54) is 38.5 Å². The lowest BCUT2D eigenvalue weighted by Gasteiger charge is -2.53. The van der Waals surface area contributed by atoms with Crippen molar-refractivity contribution in [3.05, 3.63) is 0 Å². The Morgan fingerprint density at radius 3 is 2.40 bits per heavy atom. The van der Waals surface area contributed by atoms with Crippen LogP contribution in [0.4, 0.5) is 0 Å². The molecule has 0 heterocycles. The van der Waals surface area contributed by atoms with E-state index in [0.717, 1.165) is 17.8 Å². The first-order valence-corrected chi connectivity index (χ1v) is 7.20. The molecule has 2 saturated carbocycles. The standard InChI is InChI=1S/C15H28/c1-4-15(12(2)3)11-7-9-13-8-5-6-10-14(13)15/h12-14H,4-11H2,1-3H3. The highest BCUT2D eigenvalue weighted by molar-refractivity contribution is 4.96. The van der Waals surface area contributed by atoms with Crippen molar-refractivity contribution in [1.82, 2.24) is 0 Å². The molecule has 2 fully saturated rings. The van der Waals surface area contributed by atoms with Crippen LogP contribution in [-0.2, 0) is 0 Å². The Bertz CT molecular complexity index is 204. The van der Waals surface area contributed by atoms with Gasteiger partial charge in [0, 0.05) is 0 Å². The van der Waals surface area contributed by atoms with E-state index in [1.807, 2.05) is 0 Å². The largest absolute Gasteiger partial charge is 0.0648 e. The molecule has 3 atom stereocenters. The monoisotopic (exact) mass is 208 g/mol. The van der Waals surface area contributed by atoms with Crippen LogP contribution in [0, 0.1) is 23.2 Å². The average Bonchev–Trinajstić information content (AvgIpc) is 2.28. The van der Waals surface area contributed by atoms with Crippen molar-refractivity contribution in [2.45, 2.75) is 72.1 Å². The first-order valence-electron chi connectivity index (χ1n) is 7.20. The highest BCUT2D eigenvalue weighted by atomic mass is 14.5. The molecule has 0 N–H and O–H groups in total.